The quantitative estimate of drug-likeness (QED) is 0.130. The molecule has 1 aliphatic heterocycles. The Morgan fingerprint density at radius 1 is 1.04 bits per heavy atom. The van der Waals surface area contributed by atoms with Crippen LogP contribution >= 0.6 is 0 Å². The van der Waals surface area contributed by atoms with Gasteiger partial charge in [0.05, 0.1) is 75.3 Å². The molecule has 12 heteroatoms. The van der Waals surface area contributed by atoms with E-state index < -0.39 is 29.6 Å². The van der Waals surface area contributed by atoms with E-state index in [2.05, 4.69) is 44.7 Å². The topological polar surface area (TPSA) is 110 Å². The number of benzene rings is 1. The van der Waals surface area contributed by atoms with E-state index in [-0.39, 0.29) is 5.04 Å². The maximum Gasteiger partial charge on any atom is 0.192 e. The molecule has 47 heavy (non-hydrogen) atoms. The van der Waals surface area contributed by atoms with Crippen molar-refractivity contribution in [2.24, 2.45) is 0 Å². The number of hydrogen-bond donors (Lipinski definition) is 1. The Kier molecular flexibility index (Phi) is 10.4. The van der Waals surface area contributed by atoms with Crippen molar-refractivity contribution in [1.82, 2.24) is 24.5 Å². The summed E-state index contributed by atoms with van der Waals surface area (Å²) in [7, 11) is -1.60. The molecule has 0 radical (unpaired) electrons. The van der Waals surface area contributed by atoms with Crippen LogP contribution in [0.15, 0.2) is 54.7 Å². The Balaban J connectivity index is 1.55. The van der Waals surface area contributed by atoms with Crippen molar-refractivity contribution in [3.63, 3.8) is 0 Å². The fourth-order valence-corrected chi connectivity index (χ4v) is 6.88. The van der Waals surface area contributed by atoms with E-state index in [1.165, 1.54) is 0 Å². The molecule has 1 N–H and O–H groups in total. The molecule has 4 aromatic rings. The fraction of sp³-hybridized carbons (Fsp3) is 0.514. The van der Waals surface area contributed by atoms with Gasteiger partial charge in [-0.2, -0.15) is 5.10 Å². The smallest absolute Gasteiger partial charge is 0.192 e. The molecule has 1 aromatic carbocycles. The summed E-state index contributed by atoms with van der Waals surface area (Å²) in [5.41, 5.74) is 3.43. The second kappa shape index (κ2) is 13.8. The first-order chi connectivity index (χ1) is 22.1. The highest BCUT2D eigenvalue weighted by Crippen LogP contribution is 2.38. The van der Waals surface area contributed by atoms with Crippen LogP contribution in [0.5, 0.6) is 5.75 Å². The van der Waals surface area contributed by atoms with Gasteiger partial charge in [-0.1, -0.05) is 32.9 Å². The van der Waals surface area contributed by atoms with E-state index in [0.29, 0.717) is 51.0 Å². The number of hydrogen-bond acceptors (Lipinski definition) is 8. The predicted molar refractivity (Wildman–Crippen MR) is 190 cm³/mol. The maximum absolute atomic E-state index is 13.2. The number of aromatic nitrogens is 4. The SMILES string of the molecule is COCCOc1cc(-c2cccc(C3(N[S@](=O)C(C)(C)C)CCOC3)n2)cc2c1cnn2-c1cccc(CO[Si](C)(C)C(C)(C)C)n1. The van der Waals surface area contributed by atoms with E-state index in [4.69, 9.17) is 33.7 Å². The monoisotopic (exact) mass is 679 g/mol. The van der Waals surface area contributed by atoms with Crippen LogP contribution in [0.1, 0.15) is 59.4 Å². The molecule has 0 spiro atoms. The number of nitrogens with one attached hydrogen (secondary N) is 1. The zero-order valence-corrected chi connectivity index (χ0v) is 31.0. The van der Waals surface area contributed by atoms with Crippen molar-refractivity contribution in [2.45, 2.75) is 83.0 Å². The molecule has 0 amide bonds. The molecule has 0 bridgehead atoms. The number of pyridine rings is 2. The van der Waals surface area contributed by atoms with Crippen LogP contribution in [0, 0.1) is 0 Å². The molecule has 1 aliphatic rings. The molecule has 3 aromatic heterocycles. The molecule has 2 atom stereocenters. The predicted octanol–water partition coefficient (Wildman–Crippen LogP) is 6.70. The molecule has 0 aliphatic carbocycles. The second-order valence-electron chi connectivity index (χ2n) is 14.6. The number of ether oxygens (including phenoxy) is 3. The Labute approximate surface area is 282 Å². The molecule has 254 valence electrons. The normalized spacial score (nSPS) is 18.1. The van der Waals surface area contributed by atoms with E-state index >= 15 is 0 Å². The van der Waals surface area contributed by atoms with Crippen LogP contribution in [-0.4, -0.2) is 70.6 Å². The van der Waals surface area contributed by atoms with Crippen LogP contribution in [0.4, 0.5) is 0 Å². The van der Waals surface area contributed by atoms with E-state index in [9.17, 15) is 4.21 Å². The minimum absolute atomic E-state index is 0.105. The van der Waals surface area contributed by atoms with Gasteiger partial charge in [0.1, 0.15) is 12.4 Å². The molecule has 1 saturated heterocycles. The van der Waals surface area contributed by atoms with Gasteiger partial charge in [0.2, 0.25) is 0 Å². The largest absolute Gasteiger partial charge is 0.490 e. The molecule has 1 fully saturated rings. The van der Waals surface area contributed by atoms with Gasteiger partial charge in [0.15, 0.2) is 14.1 Å². The Bertz CT molecular complexity index is 1720. The summed E-state index contributed by atoms with van der Waals surface area (Å²) in [4.78, 5) is 10.1. The summed E-state index contributed by atoms with van der Waals surface area (Å²) >= 11 is 0. The Hall–Kier alpha value is -3.00. The third-order valence-electron chi connectivity index (χ3n) is 8.99. The highest BCUT2D eigenvalue weighted by Gasteiger charge is 2.41. The van der Waals surface area contributed by atoms with Gasteiger partial charge in [-0.3, -0.25) is 4.98 Å². The number of fused-ring (bicyclic) bond motifs is 1. The molecular weight excluding hydrogens is 631 g/mol. The van der Waals surface area contributed by atoms with E-state index in [1.54, 1.807) is 7.11 Å². The standard InChI is InChI=1S/C35H49N5O5SSi/c1-33(2,3)46(41)39-35(16-17-43-24-35)31-14-11-13-28(38-31)25-20-29-27(30(21-25)44-19-18-42-7)22-36-40(29)32-15-10-12-26(37-32)23-45-47(8,9)34(4,5)6/h10-15,20-22,39H,16-19,23-24H2,1-9H3/t35?,46-/m1/s1. The van der Waals surface area contributed by atoms with Crippen LogP contribution < -0.4 is 9.46 Å². The zero-order valence-electron chi connectivity index (χ0n) is 29.2. The lowest BCUT2D eigenvalue weighted by atomic mass is 9.94. The van der Waals surface area contributed by atoms with Crippen LogP contribution in [-0.2, 0) is 37.0 Å². The van der Waals surface area contributed by atoms with Crippen molar-refractivity contribution in [1.29, 1.82) is 0 Å². The molecular formula is C35H49N5O5SSi. The van der Waals surface area contributed by atoms with Crippen molar-refractivity contribution >= 4 is 30.2 Å². The average Bonchev–Trinajstić information content (AvgIpc) is 3.68. The second-order valence-corrected chi connectivity index (χ2v) is 21.4. The summed E-state index contributed by atoms with van der Waals surface area (Å²) in [5, 5.41) is 5.72. The minimum Gasteiger partial charge on any atom is -0.490 e. The molecule has 0 saturated carbocycles. The summed E-state index contributed by atoms with van der Waals surface area (Å²) in [5.74, 6) is 1.37. The van der Waals surface area contributed by atoms with Gasteiger partial charge in [-0.05, 0) is 81.7 Å². The van der Waals surface area contributed by atoms with Gasteiger partial charge in [-0.25, -0.2) is 18.6 Å². The third-order valence-corrected chi connectivity index (χ3v) is 15.2. The number of methoxy groups -OCH3 is 1. The Morgan fingerprint density at radius 2 is 1.81 bits per heavy atom. The third kappa shape index (κ3) is 7.84. The van der Waals surface area contributed by atoms with Gasteiger partial charge in [0, 0.05) is 19.3 Å². The minimum atomic E-state index is -1.95. The van der Waals surface area contributed by atoms with Crippen molar-refractivity contribution in [3.05, 3.63) is 66.1 Å². The fourth-order valence-electron chi connectivity index (χ4n) is 5.01. The van der Waals surface area contributed by atoms with Crippen LogP contribution in [0.2, 0.25) is 18.1 Å². The number of nitrogens with zero attached hydrogens (tertiary/aromatic N) is 4. The molecule has 5 rings (SSSR count). The number of rotatable bonds is 12. The molecule has 4 heterocycles. The van der Waals surface area contributed by atoms with E-state index in [1.807, 2.05) is 74.1 Å². The van der Waals surface area contributed by atoms with E-state index in [0.717, 1.165) is 33.5 Å². The van der Waals surface area contributed by atoms with Crippen LogP contribution in [0.3, 0.4) is 0 Å². The first-order valence-corrected chi connectivity index (χ1v) is 20.2. The van der Waals surface area contributed by atoms with Gasteiger partial charge in [0.25, 0.3) is 0 Å². The van der Waals surface area contributed by atoms with Gasteiger partial charge >= 0.3 is 0 Å². The van der Waals surface area contributed by atoms with Gasteiger partial charge in [-0.15, -0.1) is 0 Å². The summed E-state index contributed by atoms with van der Waals surface area (Å²) in [6.45, 7) is 19.3. The molecule has 1 unspecified atom stereocenters. The average molecular weight is 680 g/mol. The summed E-state index contributed by atoms with van der Waals surface area (Å²) in [6.07, 6.45) is 2.48. The Morgan fingerprint density at radius 3 is 2.49 bits per heavy atom. The first kappa shape index (κ1) is 35.3. The van der Waals surface area contributed by atoms with Crippen molar-refractivity contribution in [2.75, 3.05) is 33.5 Å². The van der Waals surface area contributed by atoms with Crippen LogP contribution in [0.25, 0.3) is 28.0 Å². The first-order valence-electron chi connectivity index (χ1n) is 16.1. The lowest BCUT2D eigenvalue weighted by molar-refractivity contribution is 0.147. The van der Waals surface area contributed by atoms with Gasteiger partial charge < -0.3 is 18.6 Å². The maximum atomic E-state index is 13.2. The lowest BCUT2D eigenvalue weighted by Crippen LogP contribution is -2.49. The summed E-state index contributed by atoms with van der Waals surface area (Å²) < 4.78 is 41.8. The zero-order chi connectivity index (χ0) is 34.0. The lowest BCUT2D eigenvalue weighted by Gasteiger charge is -2.36. The summed E-state index contributed by atoms with van der Waals surface area (Å²) in [6, 6.07) is 15.9. The van der Waals surface area contributed by atoms with Crippen molar-refractivity contribution in [3.8, 4) is 22.8 Å². The molecule has 10 nitrogen and oxygen atoms in total. The highest BCUT2D eigenvalue weighted by molar-refractivity contribution is 7.84. The highest BCUT2D eigenvalue weighted by atomic mass is 32.2. The van der Waals surface area contributed by atoms with Crippen molar-refractivity contribution < 1.29 is 22.8 Å².